The summed E-state index contributed by atoms with van der Waals surface area (Å²) >= 11 is 0. The van der Waals surface area contributed by atoms with E-state index >= 15 is 0 Å². The van der Waals surface area contributed by atoms with E-state index in [1.54, 1.807) is 19.5 Å². The highest BCUT2D eigenvalue weighted by molar-refractivity contribution is 5.36. The summed E-state index contributed by atoms with van der Waals surface area (Å²) in [6.45, 7) is 5.79. The second kappa shape index (κ2) is 10.8. The largest absolute Gasteiger partial charge is 0.497 e. The number of rotatable bonds is 7. The van der Waals surface area contributed by atoms with Gasteiger partial charge >= 0.3 is 0 Å². The number of benzene rings is 1. The highest BCUT2D eigenvalue weighted by atomic mass is 16.5. The summed E-state index contributed by atoms with van der Waals surface area (Å²) < 4.78 is 16.9. The molecule has 2 aliphatic rings. The number of hydrogen-bond acceptors (Lipinski definition) is 9. The quantitative estimate of drug-likeness (QED) is 0.525. The zero-order valence-electron chi connectivity index (χ0n) is 19.5. The summed E-state index contributed by atoms with van der Waals surface area (Å²) in [5.41, 5.74) is 1.93. The van der Waals surface area contributed by atoms with Crippen molar-refractivity contribution in [2.45, 2.75) is 25.3 Å². The minimum atomic E-state index is 0.239. The number of likely N-dealkylation sites (tertiary alicyclic amines) is 1. The fraction of sp³-hybridized carbons (Fsp3) is 0.440. The van der Waals surface area contributed by atoms with Gasteiger partial charge in [-0.05, 0) is 37.6 Å². The van der Waals surface area contributed by atoms with E-state index in [4.69, 9.17) is 19.2 Å². The van der Waals surface area contributed by atoms with Crippen LogP contribution in [-0.4, -0.2) is 71.3 Å². The van der Waals surface area contributed by atoms with Crippen LogP contribution in [0.4, 0.5) is 5.95 Å². The zero-order chi connectivity index (χ0) is 23.2. The molecule has 0 unspecified atom stereocenters. The van der Waals surface area contributed by atoms with Crippen LogP contribution in [-0.2, 0) is 11.3 Å². The molecule has 2 fully saturated rings. The lowest BCUT2D eigenvalue weighted by molar-refractivity contribution is 0.122. The molecule has 0 bridgehead atoms. The van der Waals surface area contributed by atoms with E-state index < -0.39 is 0 Å². The molecule has 2 aliphatic heterocycles. The van der Waals surface area contributed by atoms with Gasteiger partial charge in [-0.3, -0.25) is 9.88 Å². The maximum atomic E-state index is 6.13. The lowest BCUT2D eigenvalue weighted by Crippen LogP contribution is -2.38. The molecule has 0 amide bonds. The average Bonchev–Trinajstić information content (AvgIpc) is 2.90. The van der Waals surface area contributed by atoms with Crippen LogP contribution in [0.3, 0.4) is 0 Å². The van der Waals surface area contributed by atoms with Crippen molar-refractivity contribution in [2.24, 2.45) is 0 Å². The van der Waals surface area contributed by atoms with Gasteiger partial charge in [0.25, 0.3) is 0 Å². The second-order valence-corrected chi connectivity index (χ2v) is 8.55. The monoisotopic (exact) mass is 462 g/mol. The second-order valence-electron chi connectivity index (χ2n) is 8.55. The highest BCUT2D eigenvalue weighted by Crippen LogP contribution is 2.33. The minimum Gasteiger partial charge on any atom is -0.497 e. The summed E-state index contributed by atoms with van der Waals surface area (Å²) in [5, 5.41) is 0. The molecule has 0 N–H and O–H groups in total. The van der Waals surface area contributed by atoms with E-state index in [2.05, 4.69) is 24.8 Å². The van der Waals surface area contributed by atoms with E-state index in [0.717, 1.165) is 81.9 Å². The smallest absolute Gasteiger partial charge is 0.241 e. The first-order valence-electron chi connectivity index (χ1n) is 11.8. The van der Waals surface area contributed by atoms with Gasteiger partial charge in [0, 0.05) is 56.8 Å². The Balaban J connectivity index is 1.28. The molecule has 5 rings (SSSR count). The van der Waals surface area contributed by atoms with Crippen LogP contribution >= 0.6 is 0 Å². The summed E-state index contributed by atoms with van der Waals surface area (Å²) in [7, 11) is 1.64. The van der Waals surface area contributed by atoms with Crippen LogP contribution < -0.4 is 14.4 Å². The van der Waals surface area contributed by atoms with Crippen molar-refractivity contribution < 1.29 is 14.2 Å². The average molecular weight is 463 g/mol. The third kappa shape index (κ3) is 5.43. The molecule has 3 aromatic rings. The van der Waals surface area contributed by atoms with Crippen molar-refractivity contribution in [3.8, 4) is 17.4 Å². The maximum absolute atomic E-state index is 6.13. The lowest BCUT2D eigenvalue weighted by Gasteiger charge is -2.32. The molecular weight excluding hydrogens is 432 g/mol. The fourth-order valence-electron chi connectivity index (χ4n) is 4.51. The van der Waals surface area contributed by atoms with Crippen molar-refractivity contribution in [3.05, 3.63) is 60.3 Å². The van der Waals surface area contributed by atoms with Gasteiger partial charge in [-0.1, -0.05) is 6.07 Å². The number of methoxy groups -OCH3 is 1. The van der Waals surface area contributed by atoms with Crippen LogP contribution in [0.2, 0.25) is 0 Å². The number of aromatic nitrogens is 4. The Kier molecular flexibility index (Phi) is 7.11. The summed E-state index contributed by atoms with van der Waals surface area (Å²) in [4.78, 5) is 23.1. The number of piperidine rings is 1. The number of morpholine rings is 1. The topological polar surface area (TPSA) is 85.7 Å². The van der Waals surface area contributed by atoms with Crippen molar-refractivity contribution in [1.82, 2.24) is 24.8 Å². The van der Waals surface area contributed by atoms with Crippen molar-refractivity contribution in [3.63, 3.8) is 0 Å². The first kappa shape index (κ1) is 22.5. The molecule has 0 radical (unpaired) electrons. The Bertz CT molecular complexity index is 1090. The Hall–Kier alpha value is -3.30. The number of anilines is 1. The maximum Gasteiger partial charge on any atom is 0.241 e. The predicted octanol–water partition coefficient (Wildman–Crippen LogP) is 3.28. The van der Waals surface area contributed by atoms with E-state index in [1.165, 1.54) is 0 Å². The molecule has 34 heavy (non-hydrogen) atoms. The third-order valence-electron chi connectivity index (χ3n) is 6.22. The summed E-state index contributed by atoms with van der Waals surface area (Å²) in [6.07, 6.45) is 7.41. The summed E-state index contributed by atoms with van der Waals surface area (Å²) in [5.74, 6) is 3.01. The van der Waals surface area contributed by atoms with Crippen LogP contribution in [0.15, 0.2) is 48.9 Å². The zero-order valence-corrected chi connectivity index (χ0v) is 19.5. The molecule has 2 aromatic heterocycles. The Morgan fingerprint density at radius 3 is 2.74 bits per heavy atom. The van der Waals surface area contributed by atoms with Gasteiger partial charge in [0.1, 0.15) is 17.2 Å². The van der Waals surface area contributed by atoms with E-state index in [1.807, 2.05) is 36.5 Å². The molecule has 0 spiro atoms. The van der Waals surface area contributed by atoms with Gasteiger partial charge in [0.2, 0.25) is 11.8 Å². The molecule has 9 nitrogen and oxygen atoms in total. The van der Waals surface area contributed by atoms with Crippen LogP contribution in [0.1, 0.15) is 30.1 Å². The molecule has 0 saturated carbocycles. The Labute approximate surface area is 199 Å². The number of nitrogens with zero attached hydrogens (tertiary/aromatic N) is 6. The number of ether oxygens (including phenoxy) is 3. The molecule has 0 aliphatic carbocycles. The molecule has 9 heteroatoms. The first-order chi connectivity index (χ1) is 16.8. The van der Waals surface area contributed by atoms with Gasteiger partial charge in [-0.25, -0.2) is 15.0 Å². The van der Waals surface area contributed by atoms with E-state index in [-0.39, 0.29) is 5.92 Å². The SMILES string of the molecule is COc1cccc(Oc2nccnc2[C@@H]2CCCN(Cc3ccnc(N4CCOCC4)n3)C2)c1. The van der Waals surface area contributed by atoms with E-state index in [0.29, 0.717) is 11.6 Å². The van der Waals surface area contributed by atoms with Gasteiger partial charge in [-0.2, -0.15) is 0 Å². The van der Waals surface area contributed by atoms with Gasteiger partial charge in [0.15, 0.2) is 0 Å². The van der Waals surface area contributed by atoms with Crippen LogP contribution in [0, 0.1) is 0 Å². The normalized spacial score (nSPS) is 19.1. The third-order valence-corrected chi connectivity index (χ3v) is 6.22. The van der Waals surface area contributed by atoms with Gasteiger partial charge in [-0.15, -0.1) is 0 Å². The highest BCUT2D eigenvalue weighted by Gasteiger charge is 2.26. The standard InChI is InChI=1S/C25H30N6O3/c1-32-21-5-2-6-22(16-21)34-24-23(26-9-10-27-24)19-4-3-11-30(17-19)18-20-7-8-28-25(29-20)31-12-14-33-15-13-31/h2,5-10,16,19H,3-4,11-15,17-18H2,1H3/t19-/m1/s1. The predicted molar refractivity (Wildman–Crippen MR) is 127 cm³/mol. The fourth-order valence-corrected chi connectivity index (χ4v) is 4.51. The van der Waals surface area contributed by atoms with E-state index in [9.17, 15) is 0 Å². The molecule has 1 atom stereocenters. The first-order valence-corrected chi connectivity index (χ1v) is 11.8. The Morgan fingerprint density at radius 1 is 1.00 bits per heavy atom. The molecule has 178 valence electrons. The van der Waals surface area contributed by atoms with Crippen molar-refractivity contribution in [1.29, 1.82) is 0 Å². The van der Waals surface area contributed by atoms with Crippen molar-refractivity contribution in [2.75, 3.05) is 51.4 Å². The Morgan fingerprint density at radius 2 is 1.85 bits per heavy atom. The molecular formula is C25H30N6O3. The van der Waals surface area contributed by atoms with Gasteiger partial charge < -0.3 is 19.1 Å². The van der Waals surface area contributed by atoms with Crippen molar-refractivity contribution >= 4 is 5.95 Å². The minimum absolute atomic E-state index is 0.239. The van der Waals surface area contributed by atoms with Gasteiger partial charge in [0.05, 0.1) is 26.0 Å². The summed E-state index contributed by atoms with van der Waals surface area (Å²) in [6, 6.07) is 9.55. The molecule has 4 heterocycles. The molecule has 1 aromatic carbocycles. The lowest BCUT2D eigenvalue weighted by atomic mass is 9.94. The number of hydrogen-bond donors (Lipinski definition) is 0. The van der Waals surface area contributed by atoms with Crippen LogP contribution in [0.5, 0.6) is 17.4 Å². The van der Waals surface area contributed by atoms with Crippen LogP contribution in [0.25, 0.3) is 0 Å². The molecule has 2 saturated heterocycles.